The van der Waals surface area contributed by atoms with Crippen molar-refractivity contribution in [1.29, 1.82) is 0 Å². The first kappa shape index (κ1) is 21.5. The third-order valence-electron chi connectivity index (χ3n) is 6.24. The topological polar surface area (TPSA) is 110 Å². The maximum atomic E-state index is 13.1. The molecule has 2 aromatic carbocycles. The lowest BCUT2D eigenvalue weighted by Crippen LogP contribution is -2.45. The Hall–Kier alpha value is -2.71. The summed E-state index contributed by atoms with van der Waals surface area (Å²) >= 11 is 0. The maximum Gasteiger partial charge on any atom is 0.244 e. The molecule has 7 nitrogen and oxygen atoms in total. The van der Waals surface area contributed by atoms with Crippen LogP contribution < -0.4 is 11.1 Å². The molecule has 2 amide bonds. The summed E-state index contributed by atoms with van der Waals surface area (Å²) in [5, 5.41) is 2.73. The van der Waals surface area contributed by atoms with Gasteiger partial charge in [0.1, 0.15) is 6.04 Å². The number of rotatable bonds is 6. The highest BCUT2D eigenvalue weighted by Gasteiger charge is 2.34. The molecule has 1 aliphatic heterocycles. The second-order valence-electron chi connectivity index (χ2n) is 8.22. The Bertz CT molecular complexity index is 1080. The molecule has 1 aliphatic carbocycles. The van der Waals surface area contributed by atoms with Crippen LogP contribution in [0.2, 0.25) is 0 Å². The number of amides is 2. The van der Waals surface area contributed by atoms with Gasteiger partial charge in [-0.05, 0) is 60.9 Å². The van der Waals surface area contributed by atoms with Crippen molar-refractivity contribution in [3.63, 3.8) is 0 Å². The number of carbonyl (C=O) groups is 2. The largest absolute Gasteiger partial charge is 0.368 e. The molecule has 4 rings (SSSR count). The first-order valence-electron chi connectivity index (χ1n) is 10.6. The lowest BCUT2D eigenvalue weighted by molar-refractivity contribution is -0.130. The fourth-order valence-corrected chi connectivity index (χ4v) is 5.96. The lowest BCUT2D eigenvalue weighted by Gasteiger charge is -2.31. The van der Waals surface area contributed by atoms with Gasteiger partial charge < -0.3 is 11.1 Å². The van der Waals surface area contributed by atoms with E-state index in [1.165, 1.54) is 9.87 Å². The molecule has 0 bridgehead atoms. The highest BCUT2D eigenvalue weighted by molar-refractivity contribution is 7.89. The zero-order valence-electron chi connectivity index (χ0n) is 17.3. The van der Waals surface area contributed by atoms with E-state index >= 15 is 0 Å². The van der Waals surface area contributed by atoms with Crippen LogP contribution in [0.15, 0.2) is 53.4 Å². The van der Waals surface area contributed by atoms with Gasteiger partial charge in [0.25, 0.3) is 0 Å². The Morgan fingerprint density at radius 3 is 2.35 bits per heavy atom. The van der Waals surface area contributed by atoms with Gasteiger partial charge >= 0.3 is 0 Å². The van der Waals surface area contributed by atoms with Gasteiger partial charge in [0, 0.05) is 19.0 Å². The van der Waals surface area contributed by atoms with E-state index in [9.17, 15) is 18.0 Å². The molecular formula is C23H27N3O4S. The van der Waals surface area contributed by atoms with E-state index in [0.717, 1.165) is 24.8 Å². The molecule has 0 unspecified atom stereocenters. The van der Waals surface area contributed by atoms with E-state index in [-0.39, 0.29) is 24.9 Å². The predicted octanol–water partition coefficient (Wildman–Crippen LogP) is 1.92. The number of fused-ring (bicyclic) bond motifs is 1. The Morgan fingerprint density at radius 2 is 1.68 bits per heavy atom. The standard InChI is InChI=1S/C23H27N3O4S/c24-22(27)21(17-5-2-1-3-6-17)25-23(28)18-11-13-26(14-12-18)31(29,30)20-10-9-16-7-4-8-19(16)15-20/h1-3,5-6,9-10,15,18,21H,4,7-8,11-14H2,(H2,24,27)(H,25,28)/t21-/m1/s1. The molecule has 31 heavy (non-hydrogen) atoms. The van der Waals surface area contributed by atoms with E-state index in [1.54, 1.807) is 36.4 Å². The number of benzene rings is 2. The molecule has 1 atom stereocenters. The second-order valence-corrected chi connectivity index (χ2v) is 10.2. The van der Waals surface area contributed by atoms with Crippen molar-refractivity contribution in [3.8, 4) is 0 Å². The van der Waals surface area contributed by atoms with Crippen molar-refractivity contribution in [1.82, 2.24) is 9.62 Å². The summed E-state index contributed by atoms with van der Waals surface area (Å²) in [4.78, 5) is 24.9. The average Bonchev–Trinajstić information content (AvgIpc) is 3.26. The van der Waals surface area contributed by atoms with Gasteiger partial charge in [-0.25, -0.2) is 8.42 Å². The van der Waals surface area contributed by atoms with Gasteiger partial charge in [0.15, 0.2) is 0 Å². The van der Waals surface area contributed by atoms with Gasteiger partial charge in [-0.3, -0.25) is 9.59 Å². The smallest absolute Gasteiger partial charge is 0.244 e. The first-order valence-corrected chi connectivity index (χ1v) is 12.1. The Labute approximate surface area is 182 Å². The van der Waals surface area contributed by atoms with Crippen molar-refractivity contribution in [2.45, 2.75) is 43.0 Å². The summed E-state index contributed by atoms with van der Waals surface area (Å²) in [7, 11) is -3.58. The summed E-state index contributed by atoms with van der Waals surface area (Å²) in [5.41, 5.74) is 8.46. The third kappa shape index (κ3) is 4.50. The van der Waals surface area contributed by atoms with Crippen LogP contribution in [0.3, 0.4) is 0 Å². The molecule has 2 aromatic rings. The number of nitrogens with two attached hydrogens (primary N) is 1. The van der Waals surface area contributed by atoms with E-state index in [4.69, 9.17) is 5.73 Å². The SMILES string of the molecule is NC(=O)[C@H](NC(=O)C1CCN(S(=O)(=O)c2ccc3c(c2)CCC3)CC1)c1ccccc1. The van der Waals surface area contributed by atoms with Crippen molar-refractivity contribution >= 4 is 21.8 Å². The molecule has 0 saturated carbocycles. The van der Waals surface area contributed by atoms with E-state index in [2.05, 4.69) is 5.32 Å². The highest BCUT2D eigenvalue weighted by atomic mass is 32.2. The third-order valence-corrected chi connectivity index (χ3v) is 8.13. The van der Waals surface area contributed by atoms with Crippen LogP contribution in [0.25, 0.3) is 0 Å². The van der Waals surface area contributed by atoms with Crippen LogP contribution in [0.1, 0.15) is 42.0 Å². The number of piperidine rings is 1. The van der Waals surface area contributed by atoms with Gasteiger partial charge in [0.2, 0.25) is 21.8 Å². The molecule has 0 spiro atoms. The normalized spacial score (nSPS) is 18.3. The van der Waals surface area contributed by atoms with Crippen molar-refractivity contribution in [2.24, 2.45) is 11.7 Å². The quantitative estimate of drug-likeness (QED) is 0.714. The average molecular weight is 442 g/mol. The van der Waals surface area contributed by atoms with Crippen LogP contribution in [0, 0.1) is 5.92 Å². The molecular weight excluding hydrogens is 414 g/mol. The number of primary amides is 1. The highest BCUT2D eigenvalue weighted by Crippen LogP contribution is 2.29. The summed E-state index contributed by atoms with van der Waals surface area (Å²) in [6, 6.07) is 13.4. The summed E-state index contributed by atoms with van der Waals surface area (Å²) in [6.45, 7) is 0.536. The molecule has 0 aromatic heterocycles. The maximum absolute atomic E-state index is 13.1. The number of aryl methyl sites for hydroxylation is 2. The molecule has 3 N–H and O–H groups in total. The second kappa shape index (κ2) is 8.80. The van der Waals surface area contributed by atoms with Crippen molar-refractivity contribution < 1.29 is 18.0 Å². The van der Waals surface area contributed by atoms with Crippen molar-refractivity contribution in [3.05, 3.63) is 65.2 Å². The fraction of sp³-hybridized carbons (Fsp3) is 0.391. The van der Waals surface area contributed by atoms with Crippen LogP contribution in [0.5, 0.6) is 0 Å². The van der Waals surface area contributed by atoms with E-state index < -0.39 is 22.0 Å². The number of hydrogen-bond acceptors (Lipinski definition) is 4. The van der Waals surface area contributed by atoms with Crippen LogP contribution in [-0.2, 0) is 32.5 Å². The molecule has 1 heterocycles. The number of nitrogens with one attached hydrogen (secondary N) is 1. The Morgan fingerprint density at radius 1 is 1.00 bits per heavy atom. The van der Waals surface area contributed by atoms with Gasteiger partial charge in [-0.15, -0.1) is 0 Å². The number of carbonyl (C=O) groups excluding carboxylic acids is 2. The van der Waals surface area contributed by atoms with Crippen LogP contribution in [0.4, 0.5) is 0 Å². The molecule has 164 valence electrons. The zero-order valence-corrected chi connectivity index (χ0v) is 18.1. The van der Waals surface area contributed by atoms with Crippen LogP contribution in [-0.4, -0.2) is 37.6 Å². The molecule has 1 fully saturated rings. The number of nitrogens with zero attached hydrogens (tertiary/aromatic N) is 1. The molecule has 8 heteroatoms. The summed E-state index contributed by atoms with van der Waals surface area (Å²) in [5.74, 6) is -1.27. The minimum Gasteiger partial charge on any atom is -0.368 e. The van der Waals surface area contributed by atoms with Gasteiger partial charge in [0.05, 0.1) is 4.90 Å². The van der Waals surface area contributed by atoms with Crippen LogP contribution >= 0.6 is 0 Å². The first-order chi connectivity index (χ1) is 14.9. The minimum atomic E-state index is -3.58. The summed E-state index contributed by atoms with van der Waals surface area (Å²) < 4.78 is 27.6. The van der Waals surface area contributed by atoms with E-state index in [1.807, 2.05) is 12.1 Å². The van der Waals surface area contributed by atoms with Gasteiger partial charge in [-0.2, -0.15) is 4.31 Å². The Balaban J connectivity index is 1.40. The molecule has 0 radical (unpaired) electrons. The predicted molar refractivity (Wildman–Crippen MR) is 116 cm³/mol. The number of hydrogen-bond donors (Lipinski definition) is 2. The van der Waals surface area contributed by atoms with E-state index in [0.29, 0.717) is 23.3 Å². The molecule has 1 saturated heterocycles. The van der Waals surface area contributed by atoms with Crippen molar-refractivity contribution in [2.75, 3.05) is 13.1 Å². The Kier molecular flexibility index (Phi) is 6.11. The zero-order chi connectivity index (χ0) is 22.0. The molecule has 2 aliphatic rings. The summed E-state index contributed by atoms with van der Waals surface area (Å²) in [6.07, 6.45) is 3.79. The fourth-order valence-electron chi connectivity index (χ4n) is 4.44. The monoisotopic (exact) mass is 441 g/mol. The minimum absolute atomic E-state index is 0.268. The van der Waals surface area contributed by atoms with Gasteiger partial charge in [-0.1, -0.05) is 36.4 Å². The number of sulfonamides is 1. The lowest BCUT2D eigenvalue weighted by atomic mass is 9.96.